The van der Waals surface area contributed by atoms with E-state index in [4.69, 9.17) is 0 Å². The smallest absolute Gasteiger partial charge is 0.102 e. The summed E-state index contributed by atoms with van der Waals surface area (Å²) in [7, 11) is 6.15. The molecule has 0 unspecified atom stereocenters. The fourth-order valence-electron chi connectivity index (χ4n) is 0. The maximum atomic E-state index is 2.17. The molecule has 0 amide bonds. The molecule has 0 aromatic carbocycles. The number of rotatable bonds is 1. The van der Waals surface area contributed by atoms with E-state index in [0.29, 0.717) is 6.04 Å². The van der Waals surface area contributed by atoms with Gasteiger partial charge in [-0.1, -0.05) is 13.6 Å². The van der Waals surface area contributed by atoms with Crippen molar-refractivity contribution < 1.29 is 0 Å². The molecule has 0 N–H and O–H groups in total. The lowest BCUT2D eigenvalue weighted by Gasteiger charge is -2.12. The fraction of sp³-hybridized carbons (Fsp3) is 1.00. The van der Waals surface area contributed by atoms with Crippen LogP contribution in [-0.4, -0.2) is 32.3 Å². The van der Waals surface area contributed by atoms with Crippen LogP contribution in [0.3, 0.4) is 0 Å². The van der Waals surface area contributed by atoms with Gasteiger partial charge in [-0.05, 0) is 27.9 Å². The zero-order valence-corrected chi connectivity index (χ0v) is 7.60. The molecule has 55 valence electrons. The molecule has 0 fully saturated rings. The van der Waals surface area contributed by atoms with Crippen LogP contribution in [0.5, 0.6) is 0 Å². The topological polar surface area (TPSA) is 3.24 Å². The quantitative estimate of drug-likeness (QED) is 0.486. The molecule has 0 aliphatic heterocycles. The molecule has 0 aliphatic rings. The Kier molecular flexibility index (Phi) is 10.5. The van der Waals surface area contributed by atoms with Gasteiger partial charge in [-0.2, -0.15) is 0 Å². The fourth-order valence-corrected chi connectivity index (χ4v) is 0. The number of hydrogen-bond donors (Lipinski definition) is 0. The van der Waals surface area contributed by atoms with Crippen molar-refractivity contribution in [3.8, 4) is 0 Å². The van der Waals surface area contributed by atoms with E-state index in [1.54, 1.807) is 0 Å². The van der Waals surface area contributed by atoms with Gasteiger partial charge in [0.1, 0.15) is 7.28 Å². The molecule has 0 spiro atoms. The predicted molar refractivity (Wildman–Crippen MR) is 46.3 cm³/mol. The molecule has 2 heteroatoms. The van der Waals surface area contributed by atoms with E-state index in [0.717, 1.165) is 0 Å². The van der Waals surface area contributed by atoms with E-state index in [2.05, 4.69) is 32.8 Å². The Labute approximate surface area is 60.7 Å². The van der Waals surface area contributed by atoms with Gasteiger partial charge in [0, 0.05) is 6.04 Å². The lowest BCUT2D eigenvalue weighted by atomic mass is 9.88. The molecule has 1 radical (unpaired) electrons. The van der Waals surface area contributed by atoms with Gasteiger partial charge in [-0.3, -0.25) is 0 Å². The summed E-state index contributed by atoms with van der Waals surface area (Å²) >= 11 is 0. The Bertz CT molecular complexity index is 38.2. The molecule has 0 atom stereocenters. The second-order valence-electron chi connectivity index (χ2n) is 2.63. The first-order chi connectivity index (χ1) is 4.06. The van der Waals surface area contributed by atoms with Crippen molar-refractivity contribution in [3.63, 3.8) is 0 Å². The van der Waals surface area contributed by atoms with E-state index in [-0.39, 0.29) is 0 Å². The van der Waals surface area contributed by atoms with Gasteiger partial charge >= 0.3 is 0 Å². The minimum atomic E-state index is 0.685. The largest absolute Gasteiger partial charge is 0.307 e. The van der Waals surface area contributed by atoms with Crippen LogP contribution in [0.4, 0.5) is 0 Å². The van der Waals surface area contributed by atoms with E-state index in [1.807, 2.05) is 20.9 Å². The highest BCUT2D eigenvalue weighted by Gasteiger charge is 1.90. The van der Waals surface area contributed by atoms with Crippen molar-refractivity contribution in [2.24, 2.45) is 0 Å². The molecule has 0 aromatic rings. The van der Waals surface area contributed by atoms with Crippen LogP contribution >= 0.6 is 0 Å². The minimum Gasteiger partial charge on any atom is -0.307 e. The molecule has 0 aromatic heterocycles. The molecule has 0 rings (SSSR count). The monoisotopic (exact) mass is 128 g/mol. The zero-order chi connectivity index (χ0) is 7.86. The van der Waals surface area contributed by atoms with Crippen molar-refractivity contribution in [1.29, 1.82) is 0 Å². The molecular weight excluding hydrogens is 109 g/mol. The third kappa shape index (κ3) is 18.0. The van der Waals surface area contributed by atoms with Crippen molar-refractivity contribution in [1.82, 2.24) is 4.90 Å². The lowest BCUT2D eigenvalue weighted by molar-refractivity contribution is 0.335. The lowest BCUT2D eigenvalue weighted by Crippen LogP contribution is -2.20. The Balaban J connectivity index is 0. The summed E-state index contributed by atoms with van der Waals surface area (Å²) in [5, 5.41) is 0. The van der Waals surface area contributed by atoms with Crippen molar-refractivity contribution in [3.05, 3.63) is 0 Å². The van der Waals surface area contributed by atoms with Gasteiger partial charge in [0.25, 0.3) is 0 Å². The van der Waals surface area contributed by atoms with Crippen LogP contribution in [-0.2, 0) is 0 Å². The highest BCUT2D eigenvalue weighted by atomic mass is 15.1. The Morgan fingerprint density at radius 3 is 1.22 bits per heavy atom. The summed E-state index contributed by atoms with van der Waals surface area (Å²) in [5.74, 6) is 0. The average Bonchev–Trinajstić information content (AvgIpc) is 1.68. The third-order valence-corrected chi connectivity index (χ3v) is 1.03. The van der Waals surface area contributed by atoms with E-state index in [9.17, 15) is 0 Å². The summed E-state index contributed by atoms with van der Waals surface area (Å²) in [6.45, 7) is 8.33. The minimum absolute atomic E-state index is 0.685. The predicted octanol–water partition coefficient (Wildman–Crippen LogP) is 1.74. The maximum Gasteiger partial charge on any atom is 0.102 e. The van der Waals surface area contributed by atoms with Crippen LogP contribution in [0, 0.1) is 0 Å². The van der Waals surface area contributed by atoms with E-state index in [1.165, 1.54) is 0 Å². The highest BCUT2D eigenvalue weighted by molar-refractivity contribution is 6.31. The molecule has 9 heavy (non-hydrogen) atoms. The Morgan fingerprint density at radius 2 is 1.22 bits per heavy atom. The van der Waals surface area contributed by atoms with E-state index >= 15 is 0 Å². The van der Waals surface area contributed by atoms with Crippen LogP contribution in [0.1, 0.15) is 13.8 Å². The van der Waals surface area contributed by atoms with Gasteiger partial charge in [-0.25, -0.2) is 0 Å². The number of nitrogens with zero attached hydrogens (tertiary/aromatic N) is 1. The first-order valence-corrected chi connectivity index (χ1v) is 3.46. The summed E-state index contributed by atoms with van der Waals surface area (Å²) in [6.07, 6.45) is 0. The van der Waals surface area contributed by atoms with E-state index < -0.39 is 0 Å². The molecule has 0 aliphatic carbocycles. The summed E-state index contributed by atoms with van der Waals surface area (Å²) in [6, 6.07) is 0.685. The SMILES string of the molecule is CC(C)N(C)C.C[B]C. The van der Waals surface area contributed by atoms with Gasteiger partial charge in [0.2, 0.25) is 0 Å². The average molecular weight is 128 g/mol. The van der Waals surface area contributed by atoms with Crippen LogP contribution in [0.15, 0.2) is 0 Å². The third-order valence-electron chi connectivity index (χ3n) is 1.03. The Morgan fingerprint density at radius 1 is 1.11 bits per heavy atom. The maximum absolute atomic E-state index is 2.17. The second-order valence-corrected chi connectivity index (χ2v) is 2.63. The standard InChI is InChI=1S/C5H13N.C2H6B/c1-5(2)6(3)4;1-3-2/h5H,1-4H3;1-2H3. The second kappa shape index (κ2) is 8.02. The molecule has 1 nitrogen and oxygen atoms in total. The number of hydrogen-bond acceptors (Lipinski definition) is 1. The van der Waals surface area contributed by atoms with Gasteiger partial charge in [-0.15, -0.1) is 0 Å². The summed E-state index contributed by atoms with van der Waals surface area (Å²) in [5.41, 5.74) is 0. The van der Waals surface area contributed by atoms with Gasteiger partial charge in [0.05, 0.1) is 0 Å². The summed E-state index contributed by atoms with van der Waals surface area (Å²) < 4.78 is 0. The van der Waals surface area contributed by atoms with Gasteiger partial charge in [0.15, 0.2) is 0 Å². The van der Waals surface area contributed by atoms with Crippen molar-refractivity contribution in [2.75, 3.05) is 14.1 Å². The zero-order valence-electron chi connectivity index (χ0n) is 7.60. The van der Waals surface area contributed by atoms with Crippen molar-refractivity contribution >= 4 is 7.28 Å². The summed E-state index contributed by atoms with van der Waals surface area (Å²) in [4.78, 5) is 2.17. The molecule has 0 heterocycles. The van der Waals surface area contributed by atoms with Gasteiger partial charge < -0.3 is 4.90 Å². The Hall–Kier alpha value is 0.0249. The van der Waals surface area contributed by atoms with Crippen LogP contribution in [0.2, 0.25) is 13.6 Å². The molecule has 0 saturated heterocycles. The highest BCUT2D eigenvalue weighted by Crippen LogP contribution is 1.84. The van der Waals surface area contributed by atoms with Crippen LogP contribution in [0.25, 0.3) is 0 Å². The molecule has 0 bridgehead atoms. The normalized spacial score (nSPS) is 8.89. The molecular formula is C7H19BN. The molecule has 0 saturated carbocycles. The van der Waals surface area contributed by atoms with Crippen molar-refractivity contribution in [2.45, 2.75) is 33.5 Å². The van der Waals surface area contributed by atoms with Crippen LogP contribution < -0.4 is 0 Å². The first kappa shape index (κ1) is 11.8. The first-order valence-electron chi connectivity index (χ1n) is 3.46.